The average molecular weight is 373 g/mol. The van der Waals surface area contributed by atoms with Crippen LogP contribution in [-0.2, 0) is 5.75 Å². The molecule has 0 aliphatic carbocycles. The molecule has 2 aromatic carbocycles. The maximum atomic E-state index is 5.27. The summed E-state index contributed by atoms with van der Waals surface area (Å²) >= 11 is 8.59. The second kappa shape index (κ2) is 8.32. The molecular weight excluding hydrogens is 356 g/mol. The molecule has 0 unspecified atom stereocenters. The Kier molecular flexibility index (Phi) is 5.90. The molecule has 0 spiro atoms. The van der Waals surface area contributed by atoms with E-state index in [4.69, 9.17) is 12.2 Å². The van der Waals surface area contributed by atoms with E-state index in [1.807, 2.05) is 30.3 Å². The highest BCUT2D eigenvalue weighted by atomic mass is 32.2. The number of H-pyrrole nitrogens is 1. The predicted octanol–water partition coefficient (Wildman–Crippen LogP) is 4.84. The van der Waals surface area contributed by atoms with Gasteiger partial charge in [0.25, 0.3) is 0 Å². The highest BCUT2D eigenvalue weighted by molar-refractivity contribution is 7.98. The number of hydrogen-bond acceptors (Lipinski definition) is 5. The molecule has 3 rings (SSSR count). The van der Waals surface area contributed by atoms with Crippen LogP contribution in [0.2, 0.25) is 0 Å². The number of nitrogens with one attached hydrogen (secondary N) is 1. The molecule has 122 valence electrons. The minimum absolute atomic E-state index is 0.488. The molecule has 1 heterocycles. The lowest BCUT2D eigenvalue weighted by atomic mass is 10.2. The first kappa shape index (κ1) is 17.0. The zero-order valence-corrected chi connectivity index (χ0v) is 15.5. The fraction of sp³-hybridized carbons (Fsp3) is 0.118. The van der Waals surface area contributed by atoms with Crippen LogP contribution in [0.15, 0.2) is 69.8 Å². The number of aromatic amines is 1. The largest absolute Gasteiger partial charge is 0.249 e. The third kappa shape index (κ3) is 4.37. The Morgan fingerprint density at radius 1 is 1.17 bits per heavy atom. The lowest BCUT2D eigenvalue weighted by Gasteiger charge is -2.01. The maximum absolute atomic E-state index is 5.27. The van der Waals surface area contributed by atoms with Crippen molar-refractivity contribution >= 4 is 42.0 Å². The molecule has 0 saturated carbocycles. The van der Waals surface area contributed by atoms with Gasteiger partial charge in [-0.3, -0.25) is 0 Å². The molecule has 0 amide bonds. The van der Waals surface area contributed by atoms with E-state index in [0.717, 1.165) is 16.5 Å². The topological polar surface area (TPSA) is 46.0 Å². The quantitative estimate of drug-likeness (QED) is 0.382. The van der Waals surface area contributed by atoms with Crippen molar-refractivity contribution in [1.29, 1.82) is 0 Å². The summed E-state index contributed by atoms with van der Waals surface area (Å²) in [4.78, 5) is 1.23. The van der Waals surface area contributed by atoms with Crippen molar-refractivity contribution in [2.75, 3.05) is 6.26 Å². The minimum Gasteiger partial charge on any atom is -0.249 e. The van der Waals surface area contributed by atoms with Gasteiger partial charge in [0.05, 0.1) is 6.21 Å². The van der Waals surface area contributed by atoms with Crippen molar-refractivity contribution in [1.82, 2.24) is 14.9 Å². The van der Waals surface area contributed by atoms with E-state index in [1.54, 1.807) is 34.4 Å². The second-order valence-corrected chi connectivity index (χ2v) is 7.12. The molecule has 7 heteroatoms. The third-order valence-corrected chi connectivity index (χ3v) is 5.28. The van der Waals surface area contributed by atoms with Crippen molar-refractivity contribution in [2.24, 2.45) is 5.10 Å². The number of thioether (sulfide) groups is 2. The summed E-state index contributed by atoms with van der Waals surface area (Å²) in [5.41, 5.74) is 2.26. The molecule has 0 bridgehead atoms. The summed E-state index contributed by atoms with van der Waals surface area (Å²) in [6.45, 7) is 0. The average Bonchev–Trinajstić information content (AvgIpc) is 2.99. The number of rotatable bonds is 6. The number of aromatic nitrogens is 3. The van der Waals surface area contributed by atoms with E-state index in [0.29, 0.717) is 4.77 Å². The summed E-state index contributed by atoms with van der Waals surface area (Å²) in [7, 11) is 0. The van der Waals surface area contributed by atoms with Crippen LogP contribution in [-0.4, -0.2) is 27.3 Å². The summed E-state index contributed by atoms with van der Waals surface area (Å²) < 4.78 is 2.15. The molecule has 3 aromatic rings. The van der Waals surface area contributed by atoms with Gasteiger partial charge in [-0.25, -0.2) is 5.10 Å². The van der Waals surface area contributed by atoms with E-state index in [1.165, 1.54) is 10.5 Å². The van der Waals surface area contributed by atoms with Crippen LogP contribution in [0.5, 0.6) is 0 Å². The van der Waals surface area contributed by atoms with Gasteiger partial charge >= 0.3 is 0 Å². The predicted molar refractivity (Wildman–Crippen MR) is 105 cm³/mol. The highest BCUT2D eigenvalue weighted by Crippen LogP contribution is 2.21. The van der Waals surface area contributed by atoms with Gasteiger partial charge in [-0.15, -0.1) is 16.9 Å². The third-order valence-electron chi connectivity index (χ3n) is 3.27. The molecule has 24 heavy (non-hydrogen) atoms. The lowest BCUT2D eigenvalue weighted by Crippen LogP contribution is -1.94. The molecule has 4 nitrogen and oxygen atoms in total. The Balaban J connectivity index is 1.74. The second-order valence-electron chi connectivity index (χ2n) is 4.92. The highest BCUT2D eigenvalue weighted by Gasteiger charge is 2.06. The normalized spacial score (nSPS) is 11.2. The maximum Gasteiger partial charge on any atom is 0.217 e. The number of nitrogens with zero attached hydrogens (tertiary/aromatic N) is 3. The van der Waals surface area contributed by atoms with Gasteiger partial charge in [-0.1, -0.05) is 54.2 Å². The van der Waals surface area contributed by atoms with Gasteiger partial charge in [0.2, 0.25) is 9.93 Å². The van der Waals surface area contributed by atoms with Gasteiger partial charge in [0, 0.05) is 10.6 Å². The van der Waals surface area contributed by atoms with Gasteiger partial charge in [-0.05, 0) is 41.7 Å². The lowest BCUT2D eigenvalue weighted by molar-refractivity contribution is 0.759. The van der Waals surface area contributed by atoms with E-state index >= 15 is 0 Å². The SMILES string of the molecule is CSc1ccc(/C=N\n2c(SCc3ccccc3)n[nH]c2=S)cc1. The molecule has 0 aliphatic heterocycles. The van der Waals surface area contributed by atoms with Gasteiger partial charge in [0.15, 0.2) is 0 Å². The van der Waals surface area contributed by atoms with Crippen molar-refractivity contribution < 1.29 is 0 Å². The van der Waals surface area contributed by atoms with Crippen LogP contribution < -0.4 is 0 Å². The molecule has 0 radical (unpaired) electrons. The fourth-order valence-electron chi connectivity index (χ4n) is 2.01. The molecule has 0 atom stereocenters. The van der Waals surface area contributed by atoms with E-state index in [-0.39, 0.29) is 0 Å². The van der Waals surface area contributed by atoms with Crippen LogP contribution in [0.25, 0.3) is 0 Å². The smallest absolute Gasteiger partial charge is 0.217 e. The Morgan fingerprint density at radius 3 is 2.62 bits per heavy atom. The van der Waals surface area contributed by atoms with Crippen molar-refractivity contribution in [2.45, 2.75) is 15.8 Å². The Bertz CT molecular complexity index is 867. The van der Waals surface area contributed by atoms with Crippen LogP contribution in [0.4, 0.5) is 0 Å². The van der Waals surface area contributed by atoms with Crippen LogP contribution in [0.3, 0.4) is 0 Å². The Labute approximate surface area is 154 Å². The Morgan fingerprint density at radius 2 is 1.92 bits per heavy atom. The van der Waals surface area contributed by atoms with Crippen molar-refractivity contribution in [3.63, 3.8) is 0 Å². The van der Waals surface area contributed by atoms with E-state index in [9.17, 15) is 0 Å². The molecule has 1 N–H and O–H groups in total. The van der Waals surface area contributed by atoms with Crippen LogP contribution in [0.1, 0.15) is 11.1 Å². The number of benzene rings is 2. The zero-order valence-electron chi connectivity index (χ0n) is 13.0. The molecule has 1 aromatic heterocycles. The van der Waals surface area contributed by atoms with Crippen molar-refractivity contribution in [3.05, 3.63) is 70.5 Å². The number of hydrogen-bond donors (Lipinski definition) is 1. The summed E-state index contributed by atoms with van der Waals surface area (Å²) in [5.74, 6) is 0.818. The molecule has 0 saturated heterocycles. The van der Waals surface area contributed by atoms with Crippen LogP contribution in [0, 0.1) is 4.77 Å². The van der Waals surface area contributed by atoms with Gasteiger partial charge < -0.3 is 0 Å². The first-order chi connectivity index (χ1) is 11.8. The minimum atomic E-state index is 0.488. The van der Waals surface area contributed by atoms with E-state index < -0.39 is 0 Å². The van der Waals surface area contributed by atoms with Crippen LogP contribution >= 0.6 is 35.7 Å². The first-order valence-corrected chi connectivity index (χ1v) is 9.90. The summed E-state index contributed by atoms with van der Waals surface area (Å²) in [6, 6.07) is 18.5. The Hall–Kier alpha value is -1.83. The van der Waals surface area contributed by atoms with Crippen molar-refractivity contribution in [3.8, 4) is 0 Å². The van der Waals surface area contributed by atoms with E-state index in [2.05, 4.69) is 45.8 Å². The zero-order chi connectivity index (χ0) is 16.8. The fourth-order valence-corrected chi connectivity index (χ4v) is 3.51. The molecule has 0 aliphatic rings. The summed E-state index contributed by atoms with van der Waals surface area (Å²) in [6.07, 6.45) is 3.85. The monoisotopic (exact) mass is 372 g/mol. The standard InChI is InChI=1S/C17H16N4S3/c1-23-15-9-7-13(8-10-15)11-18-21-16(22)19-20-17(21)24-12-14-5-3-2-4-6-14/h2-11H,12H2,1H3,(H,19,22)/b18-11-. The molecular formula is C17H16N4S3. The first-order valence-electron chi connectivity index (χ1n) is 7.29. The summed E-state index contributed by atoms with van der Waals surface area (Å²) in [5, 5.41) is 12.3. The van der Waals surface area contributed by atoms with Gasteiger partial charge in [-0.2, -0.15) is 9.78 Å². The molecule has 0 fully saturated rings. The van der Waals surface area contributed by atoms with Gasteiger partial charge in [0.1, 0.15) is 0 Å².